The number of hydrogen-bond donors (Lipinski definition) is 2. The molecule has 12 nitrogen and oxygen atoms in total. The van der Waals surface area contributed by atoms with Crippen molar-refractivity contribution in [2.24, 2.45) is 0 Å². The Labute approximate surface area is 254 Å². The number of aromatic nitrogens is 3. The van der Waals surface area contributed by atoms with Crippen LogP contribution in [0.15, 0.2) is 42.6 Å². The highest BCUT2D eigenvalue weighted by Gasteiger charge is 2.35. The topological polar surface area (TPSA) is 119 Å². The van der Waals surface area contributed by atoms with E-state index in [4.69, 9.17) is 0 Å². The van der Waals surface area contributed by atoms with E-state index >= 15 is 0 Å². The molecular formula is C30H37F2N9O3. The fourth-order valence-electron chi connectivity index (χ4n) is 5.48. The lowest BCUT2D eigenvalue weighted by molar-refractivity contribution is 0.0516. The van der Waals surface area contributed by atoms with Crippen molar-refractivity contribution in [3.8, 4) is 0 Å². The molecule has 14 heteroatoms. The molecule has 234 valence electrons. The third-order valence-electron chi connectivity index (χ3n) is 7.93. The van der Waals surface area contributed by atoms with Crippen LogP contribution in [0, 0.1) is 0 Å². The van der Waals surface area contributed by atoms with E-state index in [1.54, 1.807) is 62.3 Å². The van der Waals surface area contributed by atoms with Gasteiger partial charge in [0.1, 0.15) is 5.82 Å². The Morgan fingerprint density at radius 1 is 1.05 bits per heavy atom. The van der Waals surface area contributed by atoms with Crippen LogP contribution in [-0.4, -0.2) is 101 Å². The van der Waals surface area contributed by atoms with E-state index in [0.717, 1.165) is 18.7 Å². The molecule has 4 heterocycles. The summed E-state index contributed by atoms with van der Waals surface area (Å²) in [5.74, 6) is -0.545. The zero-order valence-electron chi connectivity index (χ0n) is 25.3. The first-order valence-corrected chi connectivity index (χ1v) is 14.5. The molecule has 1 saturated heterocycles. The third kappa shape index (κ3) is 6.64. The normalized spacial score (nSPS) is 16.9. The van der Waals surface area contributed by atoms with Crippen LogP contribution in [0.5, 0.6) is 0 Å². The molecule has 2 aliphatic heterocycles. The zero-order valence-corrected chi connectivity index (χ0v) is 25.3. The van der Waals surface area contributed by atoms with Gasteiger partial charge < -0.3 is 30.2 Å². The Bertz CT molecular complexity index is 1500. The van der Waals surface area contributed by atoms with E-state index in [2.05, 4.69) is 25.6 Å². The minimum atomic E-state index is -2.90. The first-order chi connectivity index (χ1) is 21.0. The monoisotopic (exact) mass is 609 g/mol. The Hall–Kier alpha value is -4.59. The number of pyridine rings is 1. The second kappa shape index (κ2) is 13.0. The maximum absolute atomic E-state index is 14.0. The number of carbonyl (C=O) groups excluding carboxylic acids is 3. The van der Waals surface area contributed by atoms with Crippen LogP contribution in [-0.2, 0) is 13.1 Å². The van der Waals surface area contributed by atoms with Gasteiger partial charge in [0.25, 0.3) is 11.8 Å². The number of piperazine rings is 1. The highest BCUT2D eigenvalue weighted by Crippen LogP contribution is 2.35. The van der Waals surface area contributed by atoms with Crippen LogP contribution < -0.4 is 15.5 Å². The van der Waals surface area contributed by atoms with Gasteiger partial charge in [0.05, 0.1) is 11.3 Å². The van der Waals surface area contributed by atoms with Crippen LogP contribution in [0.25, 0.3) is 0 Å². The molecule has 4 amide bonds. The van der Waals surface area contributed by atoms with Crippen LogP contribution in [0.2, 0.25) is 0 Å². The smallest absolute Gasteiger partial charge is 0.333 e. The maximum atomic E-state index is 14.0. The maximum Gasteiger partial charge on any atom is 0.333 e. The van der Waals surface area contributed by atoms with Crippen molar-refractivity contribution < 1.29 is 23.2 Å². The highest BCUT2D eigenvalue weighted by molar-refractivity contribution is 5.95. The molecule has 0 bridgehead atoms. The molecule has 0 unspecified atom stereocenters. The first-order valence-electron chi connectivity index (χ1n) is 14.5. The number of nitrogens with zero attached hydrogens (tertiary/aromatic N) is 7. The number of anilines is 2. The number of benzene rings is 1. The molecule has 2 aliphatic rings. The van der Waals surface area contributed by atoms with E-state index in [1.807, 2.05) is 11.9 Å². The number of halogens is 2. The van der Waals surface area contributed by atoms with Gasteiger partial charge in [0.15, 0.2) is 5.69 Å². The van der Waals surface area contributed by atoms with Crippen LogP contribution >= 0.6 is 0 Å². The van der Waals surface area contributed by atoms with Gasteiger partial charge in [-0.05, 0) is 36.9 Å². The number of carbonyl (C=O) groups is 3. The van der Waals surface area contributed by atoms with Gasteiger partial charge in [-0.3, -0.25) is 9.59 Å². The predicted molar refractivity (Wildman–Crippen MR) is 161 cm³/mol. The highest BCUT2D eigenvalue weighted by atomic mass is 19.3. The average Bonchev–Trinajstić information content (AvgIpc) is 3.41. The van der Waals surface area contributed by atoms with Crippen molar-refractivity contribution >= 4 is 29.4 Å². The number of hydrogen-bond acceptors (Lipinski definition) is 7. The molecule has 0 aliphatic carbocycles. The summed E-state index contributed by atoms with van der Waals surface area (Å²) in [7, 11) is 5.33. The second-order valence-corrected chi connectivity index (χ2v) is 11.4. The fourth-order valence-corrected chi connectivity index (χ4v) is 5.48. The van der Waals surface area contributed by atoms with E-state index in [0.29, 0.717) is 52.6 Å². The lowest BCUT2D eigenvalue weighted by Gasteiger charge is -2.32. The van der Waals surface area contributed by atoms with Crippen molar-refractivity contribution in [2.45, 2.75) is 32.5 Å². The number of nitrogens with one attached hydrogen (secondary N) is 2. The number of urea groups is 1. The van der Waals surface area contributed by atoms with Gasteiger partial charge in [0, 0.05) is 83.3 Å². The van der Waals surface area contributed by atoms with Crippen molar-refractivity contribution in [1.82, 2.24) is 34.8 Å². The molecule has 1 fully saturated rings. The first kappa shape index (κ1) is 30.9. The van der Waals surface area contributed by atoms with Crippen molar-refractivity contribution in [1.29, 1.82) is 0 Å². The molecular weight excluding hydrogens is 572 g/mol. The fraction of sp³-hybridized carbons (Fsp3) is 0.433. The molecule has 2 N–H and O–H groups in total. The number of alkyl halides is 2. The Morgan fingerprint density at radius 2 is 1.75 bits per heavy atom. The van der Waals surface area contributed by atoms with Gasteiger partial charge >= 0.3 is 12.6 Å². The zero-order chi connectivity index (χ0) is 31.5. The van der Waals surface area contributed by atoms with Crippen LogP contribution in [0.3, 0.4) is 0 Å². The standard InChI is InChI=1S/C30H37F2N9O3/c1-19-17-40(24-10-7-21(16-33-24)28(43)37(2)3)18-23-25(36-41(26(19)23)29(31)32)27(42)34-15-20-5-8-22(9-6-20)35-30(44)39-13-11-38(4)12-14-39/h5-10,16,19,29H,11-15,17-18H2,1-4H3,(H,34,42)(H,35,44)/t19-/m0/s1. The Kier molecular flexibility index (Phi) is 9.09. The summed E-state index contributed by atoms with van der Waals surface area (Å²) in [4.78, 5) is 49.8. The van der Waals surface area contributed by atoms with E-state index in [-0.39, 0.29) is 36.6 Å². The third-order valence-corrected chi connectivity index (χ3v) is 7.93. The lowest BCUT2D eigenvalue weighted by Crippen LogP contribution is -2.48. The van der Waals surface area contributed by atoms with E-state index in [1.165, 1.54) is 11.1 Å². The number of rotatable bonds is 7. The summed E-state index contributed by atoms with van der Waals surface area (Å²) in [5.41, 5.74) is 2.51. The van der Waals surface area contributed by atoms with Crippen LogP contribution in [0.4, 0.5) is 25.1 Å². The summed E-state index contributed by atoms with van der Waals surface area (Å²) in [6, 6.07) is 10.3. The Morgan fingerprint density at radius 3 is 2.36 bits per heavy atom. The van der Waals surface area contributed by atoms with Crippen molar-refractivity contribution in [3.05, 3.63) is 70.7 Å². The largest absolute Gasteiger partial charge is 0.351 e. The SMILES string of the molecule is C[C@H]1CN(c2ccc(C(=O)N(C)C)cn2)Cc2c(C(=O)NCc3ccc(NC(=O)N4CCN(C)CC4)cc3)nn(C(F)F)c21. The molecule has 1 atom stereocenters. The minimum absolute atomic E-state index is 0.0627. The summed E-state index contributed by atoms with van der Waals surface area (Å²) in [5, 5.41) is 9.73. The summed E-state index contributed by atoms with van der Waals surface area (Å²) in [6.45, 7) is 2.56. The number of amides is 4. The number of fused-ring (bicyclic) bond motifs is 1. The average molecular weight is 610 g/mol. The summed E-state index contributed by atoms with van der Waals surface area (Å²) >= 11 is 0. The quantitative estimate of drug-likeness (QED) is 0.422. The molecule has 2 aromatic heterocycles. The van der Waals surface area contributed by atoms with Gasteiger partial charge in [-0.25, -0.2) is 14.5 Å². The van der Waals surface area contributed by atoms with Crippen LogP contribution in [0.1, 0.15) is 57.1 Å². The lowest BCUT2D eigenvalue weighted by atomic mass is 9.95. The van der Waals surface area contributed by atoms with Crippen molar-refractivity contribution in [3.63, 3.8) is 0 Å². The van der Waals surface area contributed by atoms with E-state index < -0.39 is 12.5 Å². The Balaban J connectivity index is 1.26. The van der Waals surface area contributed by atoms with Crippen molar-refractivity contribution in [2.75, 3.05) is 64.1 Å². The van der Waals surface area contributed by atoms with Gasteiger partial charge in [-0.15, -0.1) is 0 Å². The summed E-state index contributed by atoms with van der Waals surface area (Å²) < 4.78 is 28.6. The molecule has 44 heavy (non-hydrogen) atoms. The molecule has 0 spiro atoms. The molecule has 1 aromatic carbocycles. The molecule has 0 saturated carbocycles. The minimum Gasteiger partial charge on any atom is -0.351 e. The summed E-state index contributed by atoms with van der Waals surface area (Å²) in [6.07, 6.45) is 1.48. The second-order valence-electron chi connectivity index (χ2n) is 11.4. The molecule has 0 radical (unpaired) electrons. The molecule has 3 aromatic rings. The van der Waals surface area contributed by atoms with Gasteiger partial charge in [-0.2, -0.15) is 13.9 Å². The number of likely N-dealkylation sites (N-methyl/N-ethyl adjacent to an activating group) is 1. The predicted octanol–water partition coefficient (Wildman–Crippen LogP) is 3.21. The van der Waals surface area contributed by atoms with Gasteiger partial charge in [-0.1, -0.05) is 19.1 Å². The van der Waals surface area contributed by atoms with Gasteiger partial charge in [0.2, 0.25) is 0 Å². The van der Waals surface area contributed by atoms with E-state index in [9.17, 15) is 23.2 Å². The molecule has 5 rings (SSSR count).